The van der Waals surface area contributed by atoms with Crippen molar-refractivity contribution < 1.29 is 9.18 Å². The topological polar surface area (TPSA) is 68.0 Å². The highest BCUT2D eigenvalue weighted by Gasteiger charge is 2.07. The zero-order valence-corrected chi connectivity index (χ0v) is 11.4. The van der Waals surface area contributed by atoms with Gasteiger partial charge in [0.2, 0.25) is 5.91 Å². The van der Waals surface area contributed by atoms with E-state index in [1.807, 2.05) is 0 Å². The van der Waals surface area contributed by atoms with Crippen LogP contribution < -0.4 is 11.1 Å². The Kier molecular flexibility index (Phi) is 4.11. The number of aromatic nitrogens is 1. The van der Waals surface area contributed by atoms with Crippen LogP contribution in [0.1, 0.15) is 5.69 Å². The molecular formula is C13H11BrFN3O. The molecule has 98 valence electrons. The Morgan fingerprint density at radius 3 is 2.79 bits per heavy atom. The number of pyridine rings is 1. The molecule has 2 rings (SSSR count). The Morgan fingerprint density at radius 2 is 2.16 bits per heavy atom. The molecule has 2 aromatic rings. The van der Waals surface area contributed by atoms with Gasteiger partial charge in [0.05, 0.1) is 22.8 Å². The fraction of sp³-hybridized carbons (Fsp3) is 0.0769. The van der Waals surface area contributed by atoms with Crippen LogP contribution in [-0.4, -0.2) is 10.9 Å². The smallest absolute Gasteiger partial charge is 0.230 e. The molecule has 0 radical (unpaired) electrons. The summed E-state index contributed by atoms with van der Waals surface area (Å²) in [6.07, 6.45) is 1.63. The highest BCUT2D eigenvalue weighted by molar-refractivity contribution is 9.10. The lowest BCUT2D eigenvalue weighted by atomic mass is 10.2. The molecule has 0 aliphatic carbocycles. The summed E-state index contributed by atoms with van der Waals surface area (Å²) < 4.78 is 13.3. The van der Waals surface area contributed by atoms with Gasteiger partial charge in [0.25, 0.3) is 0 Å². The number of carbonyl (C=O) groups is 1. The molecule has 3 N–H and O–H groups in total. The van der Waals surface area contributed by atoms with Gasteiger partial charge in [-0.25, -0.2) is 4.39 Å². The number of amides is 1. The molecule has 1 aromatic heterocycles. The lowest BCUT2D eigenvalue weighted by molar-refractivity contribution is -0.115. The zero-order chi connectivity index (χ0) is 13.8. The monoisotopic (exact) mass is 323 g/mol. The average molecular weight is 324 g/mol. The minimum Gasteiger partial charge on any atom is -0.397 e. The molecule has 1 heterocycles. The van der Waals surface area contributed by atoms with Crippen LogP contribution in [0.5, 0.6) is 0 Å². The number of anilines is 2. The Morgan fingerprint density at radius 1 is 1.37 bits per heavy atom. The van der Waals surface area contributed by atoms with E-state index >= 15 is 0 Å². The van der Waals surface area contributed by atoms with Crippen molar-refractivity contribution in [2.75, 3.05) is 11.1 Å². The summed E-state index contributed by atoms with van der Waals surface area (Å²) in [5, 5.41) is 2.67. The van der Waals surface area contributed by atoms with E-state index in [1.54, 1.807) is 12.1 Å². The first kappa shape index (κ1) is 13.5. The summed E-state index contributed by atoms with van der Waals surface area (Å²) in [6, 6.07) is 7.65. The second-order valence-electron chi connectivity index (χ2n) is 3.94. The molecule has 0 saturated heterocycles. The molecule has 0 atom stereocenters. The van der Waals surface area contributed by atoms with E-state index in [-0.39, 0.29) is 18.1 Å². The number of rotatable bonds is 3. The molecule has 0 bridgehead atoms. The number of nitrogens with two attached hydrogens (primary N) is 1. The number of halogens is 2. The van der Waals surface area contributed by atoms with Crippen molar-refractivity contribution >= 4 is 33.2 Å². The second-order valence-corrected chi connectivity index (χ2v) is 4.79. The van der Waals surface area contributed by atoms with Gasteiger partial charge in [-0.2, -0.15) is 0 Å². The Hall–Kier alpha value is -1.95. The van der Waals surface area contributed by atoms with Gasteiger partial charge >= 0.3 is 0 Å². The SMILES string of the molecule is Nc1ccc(CC(=O)Nc2ccc(F)c(Br)c2)nc1. The van der Waals surface area contributed by atoms with Gasteiger partial charge < -0.3 is 11.1 Å². The van der Waals surface area contributed by atoms with Crippen LogP contribution in [0.25, 0.3) is 0 Å². The third-order valence-corrected chi connectivity index (χ3v) is 3.00. The van der Waals surface area contributed by atoms with Crippen molar-refractivity contribution in [1.29, 1.82) is 0 Å². The van der Waals surface area contributed by atoms with Gasteiger partial charge in [-0.15, -0.1) is 0 Å². The predicted octanol–water partition coefficient (Wildman–Crippen LogP) is 2.75. The van der Waals surface area contributed by atoms with Gasteiger partial charge in [0.15, 0.2) is 0 Å². The van der Waals surface area contributed by atoms with Crippen LogP contribution in [0.2, 0.25) is 0 Å². The quantitative estimate of drug-likeness (QED) is 0.912. The third-order valence-electron chi connectivity index (χ3n) is 2.39. The fourth-order valence-corrected chi connectivity index (χ4v) is 1.86. The second kappa shape index (κ2) is 5.79. The Labute approximate surface area is 118 Å². The maximum Gasteiger partial charge on any atom is 0.230 e. The lowest BCUT2D eigenvalue weighted by Gasteiger charge is -2.06. The molecule has 0 unspecified atom stereocenters. The molecule has 6 heteroatoms. The summed E-state index contributed by atoms with van der Waals surface area (Å²) in [7, 11) is 0. The number of nitrogen functional groups attached to an aromatic ring is 1. The largest absolute Gasteiger partial charge is 0.397 e. The molecule has 0 saturated carbocycles. The standard InChI is InChI=1S/C13H11BrFN3O/c14-11-5-10(3-4-12(11)15)18-13(19)6-9-2-1-8(16)7-17-9/h1-5,7H,6,16H2,(H,18,19). The predicted molar refractivity (Wildman–Crippen MR) is 75.1 cm³/mol. The number of hydrogen-bond acceptors (Lipinski definition) is 3. The summed E-state index contributed by atoms with van der Waals surface area (Å²) in [5.74, 6) is -0.603. The summed E-state index contributed by atoms with van der Waals surface area (Å²) >= 11 is 3.06. The van der Waals surface area contributed by atoms with Crippen molar-refractivity contribution in [3.8, 4) is 0 Å². The van der Waals surface area contributed by atoms with Crippen LogP contribution in [-0.2, 0) is 11.2 Å². The van der Waals surface area contributed by atoms with Gasteiger partial charge in [-0.05, 0) is 46.3 Å². The van der Waals surface area contributed by atoms with E-state index in [0.717, 1.165) is 0 Å². The van der Waals surface area contributed by atoms with Gasteiger partial charge in [-0.3, -0.25) is 9.78 Å². The van der Waals surface area contributed by atoms with Crippen molar-refractivity contribution in [2.45, 2.75) is 6.42 Å². The molecule has 19 heavy (non-hydrogen) atoms. The van der Waals surface area contributed by atoms with Gasteiger partial charge in [0, 0.05) is 11.4 Å². The van der Waals surface area contributed by atoms with Crippen LogP contribution in [0, 0.1) is 5.82 Å². The summed E-state index contributed by atoms with van der Waals surface area (Å²) in [5.41, 5.74) is 7.20. The number of carbonyl (C=O) groups excluding carboxylic acids is 1. The highest BCUT2D eigenvalue weighted by atomic mass is 79.9. The Balaban J connectivity index is 2.01. The van der Waals surface area contributed by atoms with E-state index < -0.39 is 0 Å². The minimum absolute atomic E-state index is 0.134. The molecule has 0 aliphatic rings. The van der Waals surface area contributed by atoms with E-state index in [9.17, 15) is 9.18 Å². The average Bonchev–Trinajstić information content (AvgIpc) is 2.37. The summed E-state index contributed by atoms with van der Waals surface area (Å²) in [6.45, 7) is 0. The first-order valence-electron chi connectivity index (χ1n) is 5.50. The van der Waals surface area contributed by atoms with E-state index in [0.29, 0.717) is 21.5 Å². The highest BCUT2D eigenvalue weighted by Crippen LogP contribution is 2.20. The third kappa shape index (κ3) is 3.75. The maximum atomic E-state index is 13.0. The van der Waals surface area contributed by atoms with Crippen LogP contribution in [0.15, 0.2) is 41.0 Å². The number of benzene rings is 1. The molecule has 1 aromatic carbocycles. The molecule has 4 nitrogen and oxygen atoms in total. The van der Waals surface area contributed by atoms with E-state index in [4.69, 9.17) is 5.73 Å². The van der Waals surface area contributed by atoms with Gasteiger partial charge in [-0.1, -0.05) is 0 Å². The van der Waals surface area contributed by atoms with Crippen molar-refractivity contribution in [1.82, 2.24) is 4.98 Å². The first-order valence-corrected chi connectivity index (χ1v) is 6.29. The lowest BCUT2D eigenvalue weighted by Crippen LogP contribution is -2.15. The molecule has 1 amide bonds. The fourth-order valence-electron chi connectivity index (χ4n) is 1.48. The molecule has 0 spiro atoms. The zero-order valence-electron chi connectivity index (χ0n) is 9.86. The van der Waals surface area contributed by atoms with Crippen LogP contribution >= 0.6 is 15.9 Å². The molecule has 0 aliphatic heterocycles. The number of hydrogen-bond donors (Lipinski definition) is 2. The normalized spacial score (nSPS) is 10.2. The number of nitrogens with one attached hydrogen (secondary N) is 1. The van der Waals surface area contributed by atoms with Gasteiger partial charge in [0.1, 0.15) is 5.82 Å². The number of nitrogens with zero attached hydrogens (tertiary/aromatic N) is 1. The Bertz CT molecular complexity index is 601. The molecule has 0 fully saturated rings. The van der Waals surface area contributed by atoms with Crippen molar-refractivity contribution in [3.05, 3.63) is 52.5 Å². The van der Waals surface area contributed by atoms with Crippen LogP contribution in [0.4, 0.5) is 15.8 Å². The van der Waals surface area contributed by atoms with E-state index in [2.05, 4.69) is 26.2 Å². The van der Waals surface area contributed by atoms with Crippen molar-refractivity contribution in [2.24, 2.45) is 0 Å². The summed E-state index contributed by atoms with van der Waals surface area (Å²) in [4.78, 5) is 15.8. The van der Waals surface area contributed by atoms with Crippen molar-refractivity contribution in [3.63, 3.8) is 0 Å². The molecular weight excluding hydrogens is 313 g/mol. The van der Waals surface area contributed by atoms with E-state index in [1.165, 1.54) is 24.4 Å². The minimum atomic E-state index is -0.377. The van der Waals surface area contributed by atoms with Crippen LogP contribution in [0.3, 0.4) is 0 Å². The maximum absolute atomic E-state index is 13.0. The first-order chi connectivity index (χ1) is 9.04.